The number of likely N-dealkylation sites (tertiary alicyclic amines) is 1. The highest BCUT2D eigenvalue weighted by atomic mass is 16.5. The maximum atomic E-state index is 11.9. The summed E-state index contributed by atoms with van der Waals surface area (Å²) in [5, 5.41) is 11.2. The van der Waals surface area contributed by atoms with Crippen LogP contribution in [-0.2, 0) is 4.79 Å². The summed E-state index contributed by atoms with van der Waals surface area (Å²) in [6.45, 7) is 5.46. The van der Waals surface area contributed by atoms with Gasteiger partial charge in [-0.2, -0.15) is 0 Å². The minimum Gasteiger partial charge on any atom is -0.490 e. The van der Waals surface area contributed by atoms with Crippen molar-refractivity contribution in [2.75, 3.05) is 19.6 Å². The highest BCUT2D eigenvalue weighted by Crippen LogP contribution is 2.23. The van der Waals surface area contributed by atoms with Gasteiger partial charge in [0.25, 0.3) is 0 Å². The molecule has 2 rings (SSSR count). The number of carboxylic acids is 1. The highest BCUT2D eigenvalue weighted by molar-refractivity contribution is 5.75. The van der Waals surface area contributed by atoms with Crippen LogP contribution >= 0.6 is 0 Å². The first-order valence-corrected chi connectivity index (χ1v) is 7.94. The molecular formula is C17H24N2O4. The van der Waals surface area contributed by atoms with Crippen molar-refractivity contribution >= 4 is 12.0 Å². The molecule has 6 heteroatoms. The van der Waals surface area contributed by atoms with Crippen LogP contribution < -0.4 is 10.1 Å². The number of nitrogens with one attached hydrogen (secondary N) is 1. The fraction of sp³-hybridized carbons (Fsp3) is 0.529. The lowest BCUT2D eigenvalue weighted by molar-refractivity contribution is -0.136. The Bertz CT molecular complexity index is 566. The van der Waals surface area contributed by atoms with E-state index in [-0.39, 0.29) is 25.1 Å². The summed E-state index contributed by atoms with van der Waals surface area (Å²) in [5.41, 5.74) is 2.28. The number of nitrogens with zero attached hydrogens (tertiary/aromatic N) is 1. The van der Waals surface area contributed by atoms with Gasteiger partial charge in [0.1, 0.15) is 11.9 Å². The van der Waals surface area contributed by atoms with Crippen molar-refractivity contribution in [2.24, 2.45) is 0 Å². The highest BCUT2D eigenvalue weighted by Gasteiger charge is 2.24. The number of aryl methyl sites for hydroxylation is 2. The Morgan fingerprint density at radius 2 is 2.00 bits per heavy atom. The number of urea groups is 1. The molecule has 2 amide bonds. The van der Waals surface area contributed by atoms with Crippen molar-refractivity contribution < 1.29 is 19.4 Å². The van der Waals surface area contributed by atoms with Crippen LogP contribution in [0.4, 0.5) is 4.79 Å². The maximum Gasteiger partial charge on any atom is 0.317 e. The summed E-state index contributed by atoms with van der Waals surface area (Å²) in [7, 11) is 0. The number of hydrogen-bond donors (Lipinski definition) is 2. The predicted molar refractivity (Wildman–Crippen MR) is 86.8 cm³/mol. The van der Waals surface area contributed by atoms with Gasteiger partial charge in [0.2, 0.25) is 0 Å². The molecule has 0 atom stereocenters. The van der Waals surface area contributed by atoms with Gasteiger partial charge < -0.3 is 20.1 Å². The molecule has 1 fully saturated rings. The third-order valence-electron chi connectivity index (χ3n) is 3.98. The number of piperidine rings is 1. The van der Waals surface area contributed by atoms with Gasteiger partial charge in [0.05, 0.1) is 6.42 Å². The molecule has 1 aliphatic rings. The van der Waals surface area contributed by atoms with Crippen LogP contribution in [-0.4, -0.2) is 47.7 Å². The van der Waals surface area contributed by atoms with Gasteiger partial charge in [-0.3, -0.25) is 4.79 Å². The lowest BCUT2D eigenvalue weighted by Crippen LogP contribution is -2.46. The second-order valence-corrected chi connectivity index (χ2v) is 5.95. The van der Waals surface area contributed by atoms with Gasteiger partial charge in [-0.25, -0.2) is 4.79 Å². The van der Waals surface area contributed by atoms with Gasteiger partial charge in [-0.15, -0.1) is 0 Å². The molecule has 1 aromatic carbocycles. The van der Waals surface area contributed by atoms with E-state index in [1.165, 1.54) is 5.56 Å². The fourth-order valence-corrected chi connectivity index (χ4v) is 2.58. The van der Waals surface area contributed by atoms with E-state index in [1.54, 1.807) is 4.90 Å². The minimum absolute atomic E-state index is 0.0576. The van der Waals surface area contributed by atoms with Gasteiger partial charge in [0.15, 0.2) is 0 Å². The average Bonchev–Trinajstić information content (AvgIpc) is 2.51. The van der Waals surface area contributed by atoms with Crippen molar-refractivity contribution in [3.63, 3.8) is 0 Å². The van der Waals surface area contributed by atoms with Crippen molar-refractivity contribution in [3.8, 4) is 5.75 Å². The Morgan fingerprint density at radius 1 is 1.30 bits per heavy atom. The monoisotopic (exact) mass is 320 g/mol. The molecule has 1 aromatic rings. The smallest absolute Gasteiger partial charge is 0.317 e. The number of carbonyl (C=O) groups excluding carboxylic acids is 1. The van der Waals surface area contributed by atoms with Crippen LogP contribution in [0.15, 0.2) is 18.2 Å². The summed E-state index contributed by atoms with van der Waals surface area (Å²) in [4.78, 5) is 24.1. The van der Waals surface area contributed by atoms with Crippen molar-refractivity contribution in [3.05, 3.63) is 29.3 Å². The standard InChI is InChI=1S/C17H24N2O4/c1-12-3-4-13(2)15(11-12)23-14-6-9-19(10-7-14)17(22)18-8-5-16(20)21/h3-4,11,14H,5-10H2,1-2H3,(H,18,22)(H,20,21). The number of carbonyl (C=O) groups is 2. The first-order chi connectivity index (χ1) is 11.0. The Balaban J connectivity index is 1.78. The average molecular weight is 320 g/mol. The van der Waals surface area contributed by atoms with Crippen molar-refractivity contribution in [1.82, 2.24) is 10.2 Å². The first kappa shape index (κ1) is 17.1. The van der Waals surface area contributed by atoms with Gasteiger partial charge in [-0.1, -0.05) is 12.1 Å². The van der Waals surface area contributed by atoms with E-state index in [9.17, 15) is 9.59 Å². The second-order valence-electron chi connectivity index (χ2n) is 5.95. The molecule has 1 heterocycles. The summed E-state index contributed by atoms with van der Waals surface area (Å²) in [6, 6.07) is 5.96. The molecule has 2 N–H and O–H groups in total. The summed E-state index contributed by atoms with van der Waals surface area (Å²) < 4.78 is 6.07. The van der Waals surface area contributed by atoms with Crippen LogP contribution in [0.25, 0.3) is 0 Å². The molecular weight excluding hydrogens is 296 g/mol. The van der Waals surface area contributed by atoms with Gasteiger partial charge >= 0.3 is 12.0 Å². The van der Waals surface area contributed by atoms with Crippen LogP contribution in [0.1, 0.15) is 30.4 Å². The molecule has 0 unspecified atom stereocenters. The molecule has 23 heavy (non-hydrogen) atoms. The minimum atomic E-state index is -0.911. The molecule has 0 radical (unpaired) electrons. The van der Waals surface area contributed by atoms with E-state index in [0.29, 0.717) is 13.1 Å². The zero-order valence-electron chi connectivity index (χ0n) is 13.7. The fourth-order valence-electron chi connectivity index (χ4n) is 2.58. The third kappa shape index (κ3) is 5.16. The quantitative estimate of drug-likeness (QED) is 0.873. The second kappa shape index (κ2) is 7.85. The number of carboxylic acid groups (broad SMARTS) is 1. The summed E-state index contributed by atoms with van der Waals surface area (Å²) >= 11 is 0. The van der Waals surface area contributed by atoms with Crippen LogP contribution in [0.2, 0.25) is 0 Å². The molecule has 6 nitrogen and oxygen atoms in total. The topological polar surface area (TPSA) is 78.9 Å². The van der Waals surface area contributed by atoms with E-state index < -0.39 is 5.97 Å². The Labute approximate surface area is 136 Å². The lowest BCUT2D eigenvalue weighted by Gasteiger charge is -2.32. The molecule has 0 aliphatic carbocycles. The van der Waals surface area contributed by atoms with Crippen LogP contribution in [0, 0.1) is 13.8 Å². The number of rotatable bonds is 5. The number of ether oxygens (including phenoxy) is 1. The van der Waals surface area contributed by atoms with E-state index in [1.807, 2.05) is 19.9 Å². The van der Waals surface area contributed by atoms with Gasteiger partial charge in [0, 0.05) is 32.5 Å². The largest absolute Gasteiger partial charge is 0.490 e. The Kier molecular flexibility index (Phi) is 5.84. The van der Waals surface area contributed by atoms with E-state index >= 15 is 0 Å². The summed E-state index contributed by atoms with van der Waals surface area (Å²) in [6.07, 6.45) is 1.61. The van der Waals surface area contributed by atoms with Gasteiger partial charge in [-0.05, 0) is 31.0 Å². The number of amides is 2. The van der Waals surface area contributed by atoms with Crippen LogP contribution in [0.3, 0.4) is 0 Å². The number of hydrogen-bond acceptors (Lipinski definition) is 3. The zero-order chi connectivity index (χ0) is 16.8. The molecule has 126 valence electrons. The first-order valence-electron chi connectivity index (χ1n) is 7.94. The molecule has 0 saturated carbocycles. The Morgan fingerprint density at radius 3 is 2.65 bits per heavy atom. The Hall–Kier alpha value is -2.24. The molecule has 1 aliphatic heterocycles. The maximum absolute atomic E-state index is 11.9. The lowest BCUT2D eigenvalue weighted by atomic mass is 10.1. The van der Waals surface area contributed by atoms with Crippen molar-refractivity contribution in [2.45, 2.75) is 39.2 Å². The normalized spacial score (nSPS) is 15.3. The van der Waals surface area contributed by atoms with E-state index in [0.717, 1.165) is 24.2 Å². The van der Waals surface area contributed by atoms with Crippen LogP contribution in [0.5, 0.6) is 5.75 Å². The predicted octanol–water partition coefficient (Wildman–Crippen LogP) is 2.33. The SMILES string of the molecule is Cc1ccc(C)c(OC2CCN(C(=O)NCCC(=O)O)CC2)c1. The zero-order valence-corrected chi connectivity index (χ0v) is 13.7. The van der Waals surface area contributed by atoms with E-state index in [4.69, 9.17) is 9.84 Å². The molecule has 0 aromatic heterocycles. The van der Waals surface area contributed by atoms with E-state index in [2.05, 4.69) is 17.4 Å². The number of benzene rings is 1. The molecule has 0 spiro atoms. The number of aliphatic carboxylic acids is 1. The van der Waals surface area contributed by atoms with Crippen molar-refractivity contribution in [1.29, 1.82) is 0 Å². The molecule has 1 saturated heterocycles. The summed E-state index contributed by atoms with van der Waals surface area (Å²) in [5.74, 6) is 0.000271. The third-order valence-corrected chi connectivity index (χ3v) is 3.98. The molecule has 0 bridgehead atoms.